The van der Waals surface area contributed by atoms with Gasteiger partial charge in [-0.3, -0.25) is 4.79 Å². The van der Waals surface area contributed by atoms with E-state index in [1.165, 1.54) is 0 Å². The Balaban J connectivity index is 1.52. The number of anilines is 2. The van der Waals surface area contributed by atoms with Gasteiger partial charge >= 0.3 is 0 Å². The molecule has 5 rings (SSSR count). The van der Waals surface area contributed by atoms with Crippen LogP contribution in [0.1, 0.15) is 30.4 Å². The van der Waals surface area contributed by atoms with Gasteiger partial charge in [0.2, 0.25) is 5.91 Å². The van der Waals surface area contributed by atoms with Crippen molar-refractivity contribution in [3.63, 3.8) is 0 Å². The molecule has 1 aliphatic carbocycles. The summed E-state index contributed by atoms with van der Waals surface area (Å²) in [6, 6.07) is 9.63. The Bertz CT molecular complexity index is 1480. The van der Waals surface area contributed by atoms with Gasteiger partial charge in [0, 0.05) is 41.7 Å². The van der Waals surface area contributed by atoms with Crippen molar-refractivity contribution in [2.45, 2.75) is 25.8 Å². The van der Waals surface area contributed by atoms with Crippen LogP contribution in [0.25, 0.3) is 21.8 Å². The van der Waals surface area contributed by atoms with E-state index in [1.54, 1.807) is 24.1 Å². The largest absolute Gasteiger partial charge is 0.373 e. The Kier molecular flexibility index (Phi) is 5.29. The number of carbonyl (C=O) groups excluding carboxylic acids is 1. The second kappa shape index (κ2) is 8.56. The highest BCUT2D eigenvalue weighted by atomic mass is 16.2. The number of benzene rings is 1. The van der Waals surface area contributed by atoms with Crippen LogP contribution >= 0.6 is 0 Å². The summed E-state index contributed by atoms with van der Waals surface area (Å²) in [7, 11) is 1.80. The molecular formula is C24H20N8O. The van der Waals surface area contributed by atoms with E-state index in [0.29, 0.717) is 24.6 Å². The molecule has 1 saturated carbocycles. The molecular weight excluding hydrogens is 416 g/mol. The number of nitrogens with one attached hydrogen (secondary N) is 2. The number of nitrogens with zero attached hydrogens (tertiary/aromatic N) is 6. The van der Waals surface area contributed by atoms with E-state index in [2.05, 4.69) is 48.8 Å². The van der Waals surface area contributed by atoms with Gasteiger partial charge in [0.05, 0.1) is 30.1 Å². The quantitative estimate of drug-likeness (QED) is 0.461. The SMILES string of the molecule is CNc1ncc(C#Cc2ccc3nnn(CCC#N)c3c2)c2cc(NC(=O)C3CC3)ncc12. The Morgan fingerprint density at radius 2 is 2.06 bits per heavy atom. The van der Waals surface area contributed by atoms with Gasteiger partial charge in [-0.1, -0.05) is 17.1 Å². The van der Waals surface area contributed by atoms with Crippen molar-refractivity contribution in [1.29, 1.82) is 5.26 Å². The average molecular weight is 436 g/mol. The molecule has 0 aliphatic heterocycles. The normalized spacial score (nSPS) is 12.7. The summed E-state index contributed by atoms with van der Waals surface area (Å²) in [5.41, 5.74) is 3.11. The fourth-order valence-electron chi connectivity index (χ4n) is 3.58. The first-order valence-corrected chi connectivity index (χ1v) is 10.7. The van der Waals surface area contributed by atoms with Crippen LogP contribution in [-0.4, -0.2) is 37.9 Å². The fourth-order valence-corrected chi connectivity index (χ4v) is 3.58. The topological polar surface area (TPSA) is 121 Å². The van der Waals surface area contributed by atoms with Crippen LogP contribution in [0.5, 0.6) is 0 Å². The molecule has 0 radical (unpaired) electrons. The van der Waals surface area contributed by atoms with Crippen molar-refractivity contribution in [2.75, 3.05) is 17.7 Å². The second-order valence-electron chi connectivity index (χ2n) is 7.82. The molecule has 1 aromatic carbocycles. The number of aromatic nitrogens is 5. The summed E-state index contributed by atoms with van der Waals surface area (Å²) in [5, 5.41) is 24.7. The van der Waals surface area contributed by atoms with E-state index < -0.39 is 0 Å². The van der Waals surface area contributed by atoms with Crippen LogP contribution in [0.3, 0.4) is 0 Å². The highest BCUT2D eigenvalue weighted by molar-refractivity contribution is 5.99. The minimum absolute atomic E-state index is 0.00676. The molecule has 9 nitrogen and oxygen atoms in total. The minimum Gasteiger partial charge on any atom is -0.373 e. The van der Waals surface area contributed by atoms with E-state index in [-0.39, 0.29) is 11.8 Å². The number of carbonyl (C=O) groups is 1. The zero-order valence-corrected chi connectivity index (χ0v) is 18.0. The number of rotatable bonds is 5. The molecule has 2 N–H and O–H groups in total. The van der Waals surface area contributed by atoms with Gasteiger partial charge in [0.15, 0.2) is 0 Å². The van der Waals surface area contributed by atoms with Gasteiger partial charge < -0.3 is 10.6 Å². The molecule has 0 unspecified atom stereocenters. The van der Waals surface area contributed by atoms with Gasteiger partial charge in [0.1, 0.15) is 17.2 Å². The van der Waals surface area contributed by atoms with Crippen LogP contribution in [0, 0.1) is 29.1 Å². The van der Waals surface area contributed by atoms with Crippen molar-refractivity contribution >= 4 is 39.3 Å². The van der Waals surface area contributed by atoms with E-state index in [0.717, 1.165) is 45.8 Å². The number of aryl methyl sites for hydroxylation is 1. The first-order valence-electron chi connectivity index (χ1n) is 10.7. The maximum Gasteiger partial charge on any atom is 0.228 e. The Morgan fingerprint density at radius 3 is 2.85 bits per heavy atom. The van der Waals surface area contributed by atoms with Crippen molar-refractivity contribution in [3.8, 4) is 17.9 Å². The molecule has 0 bridgehead atoms. The molecule has 0 saturated heterocycles. The summed E-state index contributed by atoms with van der Waals surface area (Å²) in [4.78, 5) is 21.0. The van der Waals surface area contributed by atoms with Crippen LogP contribution in [-0.2, 0) is 11.3 Å². The van der Waals surface area contributed by atoms with Gasteiger partial charge in [-0.05, 0) is 37.1 Å². The zero-order chi connectivity index (χ0) is 22.8. The number of amides is 1. The third kappa shape index (κ3) is 4.17. The summed E-state index contributed by atoms with van der Waals surface area (Å²) in [6.07, 6.45) is 5.63. The first kappa shape index (κ1) is 20.4. The number of hydrogen-bond donors (Lipinski definition) is 2. The number of fused-ring (bicyclic) bond motifs is 2. The number of pyridine rings is 2. The maximum absolute atomic E-state index is 12.2. The van der Waals surface area contributed by atoms with Crippen molar-refractivity contribution in [2.24, 2.45) is 5.92 Å². The lowest BCUT2D eigenvalue weighted by atomic mass is 10.1. The predicted molar refractivity (Wildman–Crippen MR) is 124 cm³/mol. The Hall–Kier alpha value is -4.50. The van der Waals surface area contributed by atoms with Crippen LogP contribution in [0.4, 0.5) is 11.6 Å². The van der Waals surface area contributed by atoms with E-state index in [9.17, 15) is 4.79 Å². The summed E-state index contributed by atoms with van der Waals surface area (Å²) < 4.78 is 1.71. The highest BCUT2D eigenvalue weighted by Gasteiger charge is 2.29. The van der Waals surface area contributed by atoms with Crippen LogP contribution in [0.15, 0.2) is 36.7 Å². The lowest BCUT2D eigenvalue weighted by Gasteiger charge is -2.09. The van der Waals surface area contributed by atoms with Crippen molar-refractivity contribution in [1.82, 2.24) is 25.0 Å². The third-order valence-corrected chi connectivity index (χ3v) is 5.50. The van der Waals surface area contributed by atoms with Crippen LogP contribution < -0.4 is 10.6 Å². The van der Waals surface area contributed by atoms with E-state index in [1.807, 2.05) is 24.3 Å². The first-order chi connectivity index (χ1) is 16.2. The summed E-state index contributed by atoms with van der Waals surface area (Å²) in [6.45, 7) is 0.478. The molecule has 9 heteroatoms. The van der Waals surface area contributed by atoms with Gasteiger partial charge in [0.25, 0.3) is 0 Å². The monoisotopic (exact) mass is 436 g/mol. The van der Waals surface area contributed by atoms with Crippen LogP contribution in [0.2, 0.25) is 0 Å². The molecule has 0 spiro atoms. The average Bonchev–Trinajstić information content (AvgIpc) is 3.62. The van der Waals surface area contributed by atoms with E-state index in [4.69, 9.17) is 5.26 Å². The lowest BCUT2D eigenvalue weighted by molar-refractivity contribution is -0.117. The molecule has 1 amide bonds. The Labute approximate surface area is 189 Å². The fraction of sp³-hybridized carbons (Fsp3) is 0.250. The van der Waals surface area contributed by atoms with Gasteiger partial charge in [-0.2, -0.15) is 5.26 Å². The smallest absolute Gasteiger partial charge is 0.228 e. The highest BCUT2D eigenvalue weighted by Crippen LogP contribution is 2.31. The predicted octanol–water partition coefficient (Wildman–Crippen LogP) is 3.08. The zero-order valence-electron chi connectivity index (χ0n) is 18.0. The Morgan fingerprint density at radius 1 is 1.18 bits per heavy atom. The summed E-state index contributed by atoms with van der Waals surface area (Å²) >= 11 is 0. The standard InChI is InChI=1S/C24H20N8O/c1-26-23-19-14-27-22(29-24(33)16-6-7-16)12-18(19)17(13-28-23)5-3-15-4-8-20-21(11-15)32(31-30-20)10-2-9-25/h4,8,11-14,16H,2,6-7,10H2,1H3,(H,26,28)(H,27,29,33). The molecule has 33 heavy (non-hydrogen) atoms. The molecule has 1 aliphatic rings. The molecule has 3 heterocycles. The molecule has 162 valence electrons. The molecule has 1 fully saturated rings. The summed E-state index contributed by atoms with van der Waals surface area (Å²) in [5.74, 6) is 7.70. The van der Waals surface area contributed by atoms with Crippen molar-refractivity contribution < 1.29 is 4.79 Å². The third-order valence-electron chi connectivity index (χ3n) is 5.50. The molecule has 4 aromatic rings. The number of hydrogen-bond acceptors (Lipinski definition) is 7. The van der Waals surface area contributed by atoms with Crippen molar-refractivity contribution in [3.05, 3.63) is 47.8 Å². The van der Waals surface area contributed by atoms with Gasteiger partial charge in [-0.25, -0.2) is 14.6 Å². The lowest BCUT2D eigenvalue weighted by Crippen LogP contribution is -2.14. The molecule has 0 atom stereocenters. The number of nitriles is 1. The van der Waals surface area contributed by atoms with E-state index >= 15 is 0 Å². The maximum atomic E-state index is 12.2. The second-order valence-corrected chi connectivity index (χ2v) is 7.82. The molecule has 3 aromatic heterocycles. The minimum atomic E-state index is 0.00676. The van der Waals surface area contributed by atoms with Gasteiger partial charge in [-0.15, -0.1) is 5.10 Å².